The van der Waals surface area contributed by atoms with Crippen molar-refractivity contribution in [3.63, 3.8) is 0 Å². The fourth-order valence-electron chi connectivity index (χ4n) is 3.14. The first-order valence-corrected chi connectivity index (χ1v) is 9.71. The Morgan fingerprint density at radius 2 is 1.90 bits per heavy atom. The van der Waals surface area contributed by atoms with E-state index in [-0.39, 0.29) is 17.8 Å². The molecule has 0 aliphatic carbocycles. The van der Waals surface area contributed by atoms with Gasteiger partial charge in [-0.1, -0.05) is 42.5 Å². The van der Waals surface area contributed by atoms with Crippen molar-refractivity contribution in [1.82, 2.24) is 14.8 Å². The molecule has 0 saturated carbocycles. The van der Waals surface area contributed by atoms with Gasteiger partial charge < -0.3 is 9.32 Å². The van der Waals surface area contributed by atoms with Crippen LogP contribution in [0.5, 0.6) is 0 Å². The second-order valence-electron chi connectivity index (χ2n) is 7.07. The number of hydrogen-bond acceptors (Lipinski definition) is 4. The van der Waals surface area contributed by atoms with Gasteiger partial charge in [0.1, 0.15) is 12.1 Å². The molecule has 1 heterocycles. The van der Waals surface area contributed by atoms with Gasteiger partial charge in [0.05, 0.1) is 6.54 Å². The molecule has 1 amide bonds. The van der Waals surface area contributed by atoms with Crippen LogP contribution in [0, 0.1) is 5.82 Å². The maximum atomic E-state index is 13.7. The lowest BCUT2D eigenvalue weighted by Gasteiger charge is -2.28. The van der Waals surface area contributed by atoms with Crippen LogP contribution in [0.15, 0.2) is 65.3 Å². The molecule has 3 aromatic rings. The Morgan fingerprint density at radius 3 is 2.59 bits per heavy atom. The number of oxazole rings is 1. The molecule has 0 fully saturated rings. The zero-order chi connectivity index (χ0) is 20.8. The number of benzene rings is 2. The van der Waals surface area contributed by atoms with Gasteiger partial charge in [-0.05, 0) is 37.1 Å². The maximum Gasteiger partial charge on any atom is 0.275 e. The number of hydrogen-bond donors (Lipinski definition) is 0. The first-order chi connectivity index (χ1) is 14.0. The number of amides is 1. The molecule has 0 bridgehead atoms. The molecule has 29 heavy (non-hydrogen) atoms. The highest BCUT2D eigenvalue weighted by molar-refractivity contribution is 5.91. The molecular weight excluding hydrogens is 369 g/mol. The summed E-state index contributed by atoms with van der Waals surface area (Å²) in [7, 11) is 1.73. The van der Waals surface area contributed by atoms with Crippen LogP contribution in [0.4, 0.5) is 4.39 Å². The average Bonchev–Trinajstić information content (AvgIpc) is 3.21. The predicted molar refractivity (Wildman–Crippen MR) is 110 cm³/mol. The molecule has 3 rings (SSSR count). The minimum atomic E-state index is -0.263. The van der Waals surface area contributed by atoms with Crippen LogP contribution in [0.1, 0.15) is 47.4 Å². The molecule has 0 spiro atoms. The summed E-state index contributed by atoms with van der Waals surface area (Å²) in [4.78, 5) is 20.4. The number of halogens is 1. The summed E-state index contributed by atoms with van der Waals surface area (Å²) in [5.41, 5.74) is 2.29. The second kappa shape index (κ2) is 9.47. The molecule has 2 aromatic carbocycles. The van der Waals surface area contributed by atoms with Gasteiger partial charge in [-0.2, -0.15) is 0 Å². The van der Waals surface area contributed by atoms with Crippen LogP contribution in [-0.2, 0) is 13.1 Å². The summed E-state index contributed by atoms with van der Waals surface area (Å²) < 4.78 is 19.3. The normalized spacial score (nSPS) is 12.2. The van der Waals surface area contributed by atoms with Crippen LogP contribution >= 0.6 is 0 Å². The lowest BCUT2D eigenvalue weighted by molar-refractivity contribution is 0.0796. The van der Waals surface area contributed by atoms with Crippen LogP contribution in [-0.4, -0.2) is 34.3 Å². The monoisotopic (exact) mass is 395 g/mol. The van der Waals surface area contributed by atoms with Gasteiger partial charge in [-0.15, -0.1) is 0 Å². The number of nitrogens with zero attached hydrogens (tertiary/aromatic N) is 3. The SMILES string of the molecule is CCN(C)C(=O)c1coc(CN(Cc2cccc(F)c2)[C@H](C)c2ccccc2)n1. The third-order valence-electron chi connectivity index (χ3n) is 5.03. The molecule has 1 atom stereocenters. The fraction of sp³-hybridized carbons (Fsp3) is 0.304. The molecular formula is C23H26FN3O2. The van der Waals surface area contributed by atoms with Crippen molar-refractivity contribution in [2.75, 3.05) is 13.6 Å². The van der Waals surface area contributed by atoms with Crippen LogP contribution in [0.2, 0.25) is 0 Å². The van der Waals surface area contributed by atoms with Crippen molar-refractivity contribution in [2.24, 2.45) is 0 Å². The molecule has 152 valence electrons. The quantitative estimate of drug-likeness (QED) is 0.556. The van der Waals surface area contributed by atoms with Gasteiger partial charge in [0.2, 0.25) is 5.89 Å². The van der Waals surface area contributed by atoms with E-state index in [9.17, 15) is 9.18 Å². The number of carbonyl (C=O) groups excluding carboxylic acids is 1. The van der Waals surface area contributed by atoms with E-state index in [0.717, 1.165) is 11.1 Å². The standard InChI is InChI=1S/C23H26FN3O2/c1-4-26(3)23(28)21-16-29-22(25-21)15-27(14-18-9-8-12-20(24)13-18)17(2)19-10-6-5-7-11-19/h5-13,16-17H,4,14-15H2,1-3H3/t17-/m1/s1. The van der Waals surface area contributed by atoms with E-state index in [1.165, 1.54) is 18.4 Å². The van der Waals surface area contributed by atoms with E-state index in [1.54, 1.807) is 18.0 Å². The highest BCUT2D eigenvalue weighted by Gasteiger charge is 2.21. The van der Waals surface area contributed by atoms with Gasteiger partial charge in [-0.3, -0.25) is 9.69 Å². The third kappa shape index (κ3) is 5.29. The minimum absolute atomic E-state index is 0.0452. The van der Waals surface area contributed by atoms with Crippen molar-refractivity contribution in [1.29, 1.82) is 0 Å². The number of aromatic nitrogens is 1. The lowest BCUT2D eigenvalue weighted by atomic mass is 10.1. The topological polar surface area (TPSA) is 49.6 Å². The zero-order valence-electron chi connectivity index (χ0n) is 17.0. The molecule has 0 radical (unpaired) electrons. The Kier molecular flexibility index (Phi) is 6.77. The summed E-state index contributed by atoms with van der Waals surface area (Å²) in [6.45, 7) is 5.51. The molecule has 5 nitrogen and oxygen atoms in total. The first kappa shape index (κ1) is 20.7. The van der Waals surface area contributed by atoms with Crippen molar-refractivity contribution >= 4 is 5.91 Å². The Hall–Kier alpha value is -2.99. The summed E-state index contributed by atoms with van der Waals surface area (Å²) in [5.74, 6) is 0.0220. The minimum Gasteiger partial charge on any atom is -0.447 e. The van der Waals surface area contributed by atoms with Crippen molar-refractivity contribution in [3.05, 3.63) is 89.4 Å². The van der Waals surface area contributed by atoms with Gasteiger partial charge in [0, 0.05) is 26.2 Å². The number of rotatable bonds is 8. The zero-order valence-corrected chi connectivity index (χ0v) is 17.0. The molecule has 1 aromatic heterocycles. The second-order valence-corrected chi connectivity index (χ2v) is 7.07. The highest BCUT2D eigenvalue weighted by atomic mass is 19.1. The Balaban J connectivity index is 1.83. The van der Waals surface area contributed by atoms with Crippen LogP contribution in [0.25, 0.3) is 0 Å². The summed E-state index contributed by atoms with van der Waals surface area (Å²) in [5, 5.41) is 0. The van der Waals surface area contributed by atoms with Crippen molar-refractivity contribution < 1.29 is 13.6 Å². The van der Waals surface area contributed by atoms with Crippen LogP contribution < -0.4 is 0 Å². The molecule has 0 saturated heterocycles. The summed E-state index contributed by atoms with van der Waals surface area (Å²) in [6, 6.07) is 16.7. The molecule has 6 heteroatoms. The third-order valence-corrected chi connectivity index (χ3v) is 5.03. The van der Waals surface area contributed by atoms with Gasteiger partial charge in [0.15, 0.2) is 5.69 Å². The van der Waals surface area contributed by atoms with Gasteiger partial charge >= 0.3 is 0 Å². The summed E-state index contributed by atoms with van der Waals surface area (Å²) >= 11 is 0. The Morgan fingerprint density at radius 1 is 1.14 bits per heavy atom. The molecule has 0 unspecified atom stereocenters. The Labute approximate surface area is 170 Å². The van der Waals surface area contributed by atoms with E-state index >= 15 is 0 Å². The van der Waals surface area contributed by atoms with Gasteiger partial charge in [0.25, 0.3) is 5.91 Å². The molecule has 0 aliphatic rings. The van der Waals surface area contributed by atoms with E-state index in [4.69, 9.17) is 4.42 Å². The van der Waals surface area contributed by atoms with Gasteiger partial charge in [-0.25, -0.2) is 9.37 Å². The first-order valence-electron chi connectivity index (χ1n) is 9.71. The van der Waals surface area contributed by atoms with E-state index < -0.39 is 0 Å². The van der Waals surface area contributed by atoms with E-state index in [0.29, 0.717) is 31.2 Å². The van der Waals surface area contributed by atoms with Crippen LogP contribution in [0.3, 0.4) is 0 Å². The molecule has 0 aliphatic heterocycles. The lowest BCUT2D eigenvalue weighted by Crippen LogP contribution is -2.27. The summed E-state index contributed by atoms with van der Waals surface area (Å²) in [6.07, 6.45) is 1.40. The number of carbonyl (C=O) groups is 1. The van der Waals surface area contributed by atoms with Crippen molar-refractivity contribution in [2.45, 2.75) is 33.0 Å². The van der Waals surface area contributed by atoms with E-state index in [1.807, 2.05) is 31.2 Å². The highest BCUT2D eigenvalue weighted by Crippen LogP contribution is 2.24. The predicted octanol–water partition coefficient (Wildman–Crippen LogP) is 4.67. The van der Waals surface area contributed by atoms with E-state index in [2.05, 4.69) is 28.9 Å². The fourth-order valence-corrected chi connectivity index (χ4v) is 3.14. The smallest absolute Gasteiger partial charge is 0.275 e. The maximum absolute atomic E-state index is 13.7. The molecule has 0 N–H and O–H groups in total. The Bertz CT molecular complexity index is 942. The largest absolute Gasteiger partial charge is 0.447 e. The average molecular weight is 395 g/mol. The van der Waals surface area contributed by atoms with Crippen molar-refractivity contribution in [3.8, 4) is 0 Å².